The summed E-state index contributed by atoms with van der Waals surface area (Å²) in [6.45, 7) is 0.471. The highest BCUT2D eigenvalue weighted by atomic mass is 35.5. The van der Waals surface area contributed by atoms with Crippen molar-refractivity contribution in [2.45, 2.75) is 13.0 Å². The van der Waals surface area contributed by atoms with Crippen LogP contribution in [0.15, 0.2) is 54.6 Å². The van der Waals surface area contributed by atoms with Crippen LogP contribution in [0.3, 0.4) is 0 Å². The zero-order chi connectivity index (χ0) is 16.2. The molecule has 23 heavy (non-hydrogen) atoms. The van der Waals surface area contributed by atoms with Gasteiger partial charge < -0.3 is 9.64 Å². The third-order valence-corrected chi connectivity index (χ3v) is 4.22. The minimum Gasteiger partial charge on any atom is -0.460 e. The smallest absolute Gasteiger partial charge is 0.311 e. The fourth-order valence-corrected chi connectivity index (χ4v) is 2.80. The first-order valence-electron chi connectivity index (χ1n) is 7.40. The van der Waals surface area contributed by atoms with Crippen molar-refractivity contribution < 1.29 is 14.3 Å². The summed E-state index contributed by atoms with van der Waals surface area (Å²) < 4.78 is 5.32. The van der Waals surface area contributed by atoms with E-state index in [2.05, 4.69) is 0 Å². The molecular formula is C18H16ClNO3. The Kier molecular flexibility index (Phi) is 4.63. The summed E-state index contributed by atoms with van der Waals surface area (Å²) in [5, 5.41) is 0.564. The molecule has 1 heterocycles. The molecule has 0 aromatic heterocycles. The number of nitrogens with zero attached hydrogens (tertiary/aromatic N) is 1. The number of rotatable bonds is 4. The number of carbonyl (C=O) groups excluding carboxylic acids is 2. The standard InChI is InChI=1S/C18H16ClNO3/c19-16-9-5-4-6-13(16)12-23-18(22)14-10-17(21)20(11-14)15-7-2-1-3-8-15/h1-9,14H,10-12H2/t14-/m0/s1. The van der Waals surface area contributed by atoms with Gasteiger partial charge in [0.25, 0.3) is 0 Å². The second-order valence-corrected chi connectivity index (χ2v) is 5.85. The Labute approximate surface area is 139 Å². The van der Waals surface area contributed by atoms with Gasteiger partial charge >= 0.3 is 5.97 Å². The highest BCUT2D eigenvalue weighted by Gasteiger charge is 2.36. The molecule has 3 rings (SSSR count). The number of anilines is 1. The van der Waals surface area contributed by atoms with E-state index < -0.39 is 5.92 Å². The van der Waals surface area contributed by atoms with Crippen LogP contribution in [0, 0.1) is 5.92 Å². The van der Waals surface area contributed by atoms with Crippen molar-refractivity contribution in [3.8, 4) is 0 Å². The van der Waals surface area contributed by atoms with Crippen LogP contribution in [-0.2, 0) is 20.9 Å². The van der Waals surface area contributed by atoms with Crippen LogP contribution in [0.1, 0.15) is 12.0 Å². The Balaban J connectivity index is 1.61. The van der Waals surface area contributed by atoms with Crippen molar-refractivity contribution in [1.29, 1.82) is 0 Å². The molecule has 1 saturated heterocycles. The monoisotopic (exact) mass is 329 g/mol. The molecule has 0 spiro atoms. The number of carbonyl (C=O) groups is 2. The van der Waals surface area contributed by atoms with Crippen molar-refractivity contribution in [2.75, 3.05) is 11.4 Å². The Bertz CT molecular complexity index is 717. The molecule has 1 amide bonds. The van der Waals surface area contributed by atoms with Crippen molar-refractivity contribution in [3.63, 3.8) is 0 Å². The second-order valence-electron chi connectivity index (χ2n) is 5.44. The van der Waals surface area contributed by atoms with Gasteiger partial charge in [0.2, 0.25) is 5.91 Å². The molecule has 0 bridgehead atoms. The van der Waals surface area contributed by atoms with Gasteiger partial charge in [-0.2, -0.15) is 0 Å². The van der Waals surface area contributed by atoms with Gasteiger partial charge in [-0.15, -0.1) is 0 Å². The Morgan fingerprint density at radius 2 is 1.83 bits per heavy atom. The Hall–Kier alpha value is -2.33. The lowest BCUT2D eigenvalue weighted by Gasteiger charge is -2.16. The largest absolute Gasteiger partial charge is 0.460 e. The SMILES string of the molecule is O=C(OCc1ccccc1Cl)[C@H]1CC(=O)N(c2ccccc2)C1. The van der Waals surface area contributed by atoms with E-state index in [1.807, 2.05) is 48.5 Å². The number of halogens is 1. The van der Waals surface area contributed by atoms with Gasteiger partial charge in [-0.25, -0.2) is 0 Å². The molecule has 118 valence electrons. The second kappa shape index (κ2) is 6.84. The van der Waals surface area contributed by atoms with Crippen LogP contribution in [0.25, 0.3) is 0 Å². The number of hydrogen-bond acceptors (Lipinski definition) is 3. The molecule has 0 N–H and O–H groups in total. The van der Waals surface area contributed by atoms with Crippen LogP contribution in [0.5, 0.6) is 0 Å². The molecule has 0 radical (unpaired) electrons. The van der Waals surface area contributed by atoms with Gasteiger partial charge in [0, 0.05) is 29.2 Å². The summed E-state index contributed by atoms with van der Waals surface area (Å²) >= 11 is 6.04. The van der Waals surface area contributed by atoms with E-state index in [1.54, 1.807) is 11.0 Å². The minimum absolute atomic E-state index is 0.0594. The Morgan fingerprint density at radius 3 is 2.57 bits per heavy atom. The highest BCUT2D eigenvalue weighted by Crippen LogP contribution is 2.26. The lowest BCUT2D eigenvalue weighted by Crippen LogP contribution is -2.26. The molecule has 1 atom stereocenters. The van der Waals surface area contributed by atoms with E-state index in [-0.39, 0.29) is 24.9 Å². The molecular weight excluding hydrogens is 314 g/mol. The van der Waals surface area contributed by atoms with E-state index in [1.165, 1.54) is 0 Å². The molecule has 0 saturated carbocycles. The molecule has 5 heteroatoms. The maximum atomic E-state index is 12.2. The van der Waals surface area contributed by atoms with Gasteiger partial charge in [0.1, 0.15) is 6.61 Å². The number of esters is 1. The molecule has 4 nitrogen and oxygen atoms in total. The number of amides is 1. The van der Waals surface area contributed by atoms with Crippen molar-refractivity contribution in [3.05, 3.63) is 65.2 Å². The fourth-order valence-electron chi connectivity index (χ4n) is 2.61. The lowest BCUT2D eigenvalue weighted by molar-refractivity contribution is -0.149. The van der Waals surface area contributed by atoms with E-state index in [9.17, 15) is 9.59 Å². The average Bonchev–Trinajstić information content (AvgIpc) is 2.96. The predicted molar refractivity (Wildman–Crippen MR) is 88.2 cm³/mol. The topological polar surface area (TPSA) is 46.6 Å². The Morgan fingerprint density at radius 1 is 1.13 bits per heavy atom. The van der Waals surface area contributed by atoms with Crippen LogP contribution in [0.2, 0.25) is 5.02 Å². The summed E-state index contributed by atoms with van der Waals surface area (Å²) in [5.41, 5.74) is 1.56. The number of hydrogen-bond donors (Lipinski definition) is 0. The maximum absolute atomic E-state index is 12.2. The molecule has 2 aromatic carbocycles. The van der Waals surface area contributed by atoms with E-state index >= 15 is 0 Å². The zero-order valence-electron chi connectivity index (χ0n) is 12.4. The summed E-state index contributed by atoms with van der Waals surface area (Å²) in [6.07, 6.45) is 0.177. The van der Waals surface area contributed by atoms with Gasteiger partial charge in [-0.3, -0.25) is 9.59 Å². The van der Waals surface area contributed by atoms with E-state index in [0.29, 0.717) is 11.6 Å². The van der Waals surface area contributed by atoms with E-state index in [0.717, 1.165) is 11.3 Å². The molecule has 0 aliphatic carbocycles. The first kappa shape index (κ1) is 15.6. The summed E-state index contributed by atoms with van der Waals surface area (Å²) in [5.74, 6) is -0.863. The van der Waals surface area contributed by atoms with Gasteiger partial charge in [-0.05, 0) is 18.2 Å². The average molecular weight is 330 g/mol. The van der Waals surface area contributed by atoms with Crippen molar-refractivity contribution >= 4 is 29.2 Å². The summed E-state index contributed by atoms with van der Waals surface area (Å²) in [7, 11) is 0. The fraction of sp³-hybridized carbons (Fsp3) is 0.222. The van der Waals surface area contributed by atoms with Crippen LogP contribution in [0.4, 0.5) is 5.69 Å². The quantitative estimate of drug-likeness (QED) is 0.807. The summed E-state index contributed by atoms with van der Waals surface area (Å²) in [4.78, 5) is 25.9. The van der Waals surface area contributed by atoms with Crippen molar-refractivity contribution in [1.82, 2.24) is 0 Å². The molecule has 0 unspecified atom stereocenters. The van der Waals surface area contributed by atoms with Crippen LogP contribution in [-0.4, -0.2) is 18.4 Å². The lowest BCUT2D eigenvalue weighted by atomic mass is 10.1. The maximum Gasteiger partial charge on any atom is 0.311 e. The summed E-state index contributed by atoms with van der Waals surface area (Å²) in [6, 6.07) is 16.6. The molecule has 1 aliphatic heterocycles. The minimum atomic E-state index is -0.440. The van der Waals surface area contributed by atoms with Crippen LogP contribution < -0.4 is 4.90 Å². The third kappa shape index (κ3) is 3.54. The highest BCUT2D eigenvalue weighted by molar-refractivity contribution is 6.31. The molecule has 2 aromatic rings. The third-order valence-electron chi connectivity index (χ3n) is 3.85. The van der Waals surface area contributed by atoms with Gasteiger partial charge in [-0.1, -0.05) is 48.0 Å². The molecule has 1 aliphatic rings. The van der Waals surface area contributed by atoms with Crippen LogP contribution >= 0.6 is 11.6 Å². The normalized spacial score (nSPS) is 17.3. The number of ether oxygens (including phenoxy) is 1. The zero-order valence-corrected chi connectivity index (χ0v) is 13.2. The molecule has 1 fully saturated rings. The number of benzene rings is 2. The van der Waals surface area contributed by atoms with Gasteiger partial charge in [0.15, 0.2) is 0 Å². The first-order chi connectivity index (χ1) is 11.1. The number of para-hydroxylation sites is 1. The van der Waals surface area contributed by atoms with Crippen molar-refractivity contribution in [2.24, 2.45) is 5.92 Å². The predicted octanol–water partition coefficient (Wildman–Crippen LogP) is 3.44. The van der Waals surface area contributed by atoms with E-state index in [4.69, 9.17) is 16.3 Å². The first-order valence-corrected chi connectivity index (χ1v) is 7.78. The van der Waals surface area contributed by atoms with Gasteiger partial charge in [0.05, 0.1) is 5.92 Å².